The van der Waals surface area contributed by atoms with E-state index in [1.807, 2.05) is 7.05 Å². The lowest BCUT2D eigenvalue weighted by molar-refractivity contribution is 0.761. The van der Waals surface area contributed by atoms with E-state index in [9.17, 15) is 0 Å². The maximum atomic E-state index is 5.27. The van der Waals surface area contributed by atoms with Crippen LogP contribution in [0.25, 0.3) is 0 Å². The van der Waals surface area contributed by atoms with Crippen LogP contribution in [0.5, 0.6) is 0 Å². The number of rotatable bonds is 5. The van der Waals surface area contributed by atoms with Crippen molar-refractivity contribution in [2.75, 3.05) is 20.1 Å². The maximum absolute atomic E-state index is 5.27. The molecule has 0 aromatic rings. The molecule has 3 N–H and O–H groups in total. The van der Waals surface area contributed by atoms with E-state index in [1.165, 1.54) is 0 Å². The van der Waals surface area contributed by atoms with Crippen LogP contribution < -0.4 is 11.1 Å². The molecule has 1 radical (unpaired) electrons. The van der Waals surface area contributed by atoms with Crippen molar-refractivity contribution in [2.24, 2.45) is 5.73 Å². The molecule has 0 aliphatic carbocycles. The topological polar surface area (TPSA) is 38.0 Å². The van der Waals surface area contributed by atoms with Crippen molar-refractivity contribution in [3.63, 3.8) is 0 Å². The second-order valence-corrected chi connectivity index (χ2v) is 1.78. The number of hydrogen-bond donors (Lipinski definition) is 2. The summed E-state index contributed by atoms with van der Waals surface area (Å²) in [6.45, 7) is 1.81. The standard InChI is InChI=1S/C6H15N2/c1-8-6-4-2-3-5-7/h4,8H,2-3,5-7H2,1H3. The molecule has 8 heavy (non-hydrogen) atoms. The van der Waals surface area contributed by atoms with Gasteiger partial charge < -0.3 is 11.1 Å². The summed E-state index contributed by atoms with van der Waals surface area (Å²) in [6, 6.07) is 0. The Balaban J connectivity index is 2.53. The Morgan fingerprint density at radius 3 is 2.88 bits per heavy atom. The fraction of sp³-hybridized carbons (Fsp3) is 0.833. The first-order valence-electron chi connectivity index (χ1n) is 3.08. The minimum atomic E-state index is 0.806. The molecule has 0 fully saturated rings. The minimum absolute atomic E-state index is 0.806. The van der Waals surface area contributed by atoms with E-state index in [2.05, 4.69) is 11.7 Å². The zero-order valence-corrected chi connectivity index (χ0v) is 5.48. The van der Waals surface area contributed by atoms with E-state index in [0.717, 1.165) is 25.9 Å². The van der Waals surface area contributed by atoms with Crippen molar-refractivity contribution in [3.05, 3.63) is 6.42 Å². The Hall–Kier alpha value is -0.0800. The maximum Gasteiger partial charge on any atom is -0.00204 e. The average Bonchev–Trinajstić information content (AvgIpc) is 1.81. The fourth-order valence-electron chi connectivity index (χ4n) is 0.509. The fourth-order valence-corrected chi connectivity index (χ4v) is 0.509. The van der Waals surface area contributed by atoms with Gasteiger partial charge >= 0.3 is 0 Å². The molecule has 0 amide bonds. The van der Waals surface area contributed by atoms with Gasteiger partial charge in [-0.05, 0) is 39.4 Å². The molecule has 0 aromatic carbocycles. The van der Waals surface area contributed by atoms with Crippen LogP contribution in [0.3, 0.4) is 0 Å². The van der Waals surface area contributed by atoms with Gasteiger partial charge in [0.05, 0.1) is 0 Å². The normalized spacial score (nSPS) is 9.75. The van der Waals surface area contributed by atoms with Crippen LogP contribution in [0.2, 0.25) is 0 Å². The summed E-state index contributed by atoms with van der Waals surface area (Å²) >= 11 is 0. The third-order valence-electron chi connectivity index (χ3n) is 0.961. The summed E-state index contributed by atoms with van der Waals surface area (Å²) in [6.07, 6.45) is 4.45. The lowest BCUT2D eigenvalue weighted by Gasteiger charge is -1.95. The molecule has 0 spiro atoms. The van der Waals surface area contributed by atoms with Gasteiger partial charge in [0, 0.05) is 0 Å². The number of hydrogen-bond acceptors (Lipinski definition) is 2. The Kier molecular flexibility index (Phi) is 6.85. The molecule has 49 valence electrons. The van der Waals surface area contributed by atoms with Gasteiger partial charge in [0.2, 0.25) is 0 Å². The summed E-state index contributed by atoms with van der Waals surface area (Å²) < 4.78 is 0. The van der Waals surface area contributed by atoms with Gasteiger partial charge in [-0.2, -0.15) is 0 Å². The summed E-state index contributed by atoms with van der Waals surface area (Å²) in [5.74, 6) is 0. The molecule has 0 rings (SSSR count). The number of unbranched alkanes of at least 4 members (excludes halogenated alkanes) is 2. The third-order valence-corrected chi connectivity index (χ3v) is 0.961. The van der Waals surface area contributed by atoms with E-state index in [4.69, 9.17) is 5.73 Å². The first kappa shape index (κ1) is 7.92. The summed E-state index contributed by atoms with van der Waals surface area (Å²) in [5.41, 5.74) is 5.27. The zero-order chi connectivity index (χ0) is 6.24. The highest BCUT2D eigenvalue weighted by Gasteiger charge is 1.83. The quantitative estimate of drug-likeness (QED) is 0.500. The van der Waals surface area contributed by atoms with Crippen LogP contribution in [0.15, 0.2) is 0 Å². The first-order chi connectivity index (χ1) is 3.91. The number of nitrogens with two attached hydrogens (primary N) is 1. The lowest BCUT2D eigenvalue weighted by atomic mass is 10.2. The molecule has 0 saturated carbocycles. The van der Waals surface area contributed by atoms with Crippen molar-refractivity contribution < 1.29 is 0 Å². The predicted octanol–water partition coefficient (Wildman–Crippen LogP) is 0.149. The SMILES string of the molecule is CNC[CH]CCCN. The largest absolute Gasteiger partial charge is 0.330 e. The van der Waals surface area contributed by atoms with Crippen molar-refractivity contribution in [1.82, 2.24) is 5.32 Å². The molecule has 2 heteroatoms. The minimum Gasteiger partial charge on any atom is -0.330 e. The molecule has 0 atom stereocenters. The Morgan fingerprint density at radius 1 is 1.62 bits per heavy atom. The smallest absolute Gasteiger partial charge is 0.00204 e. The predicted molar refractivity (Wildman–Crippen MR) is 36.5 cm³/mol. The third kappa shape index (κ3) is 5.92. The van der Waals surface area contributed by atoms with Gasteiger partial charge in [0.1, 0.15) is 0 Å². The zero-order valence-electron chi connectivity index (χ0n) is 5.48. The highest BCUT2D eigenvalue weighted by molar-refractivity contribution is 4.65. The monoisotopic (exact) mass is 115 g/mol. The van der Waals surface area contributed by atoms with E-state index in [1.54, 1.807) is 0 Å². The van der Waals surface area contributed by atoms with Crippen LogP contribution in [0, 0.1) is 6.42 Å². The molecule has 2 nitrogen and oxygen atoms in total. The van der Waals surface area contributed by atoms with Crippen LogP contribution in [0.1, 0.15) is 12.8 Å². The number of nitrogens with one attached hydrogen (secondary N) is 1. The Morgan fingerprint density at radius 2 is 2.38 bits per heavy atom. The van der Waals surface area contributed by atoms with Crippen LogP contribution in [0.4, 0.5) is 0 Å². The van der Waals surface area contributed by atoms with Gasteiger partial charge in [-0.1, -0.05) is 0 Å². The molecular formula is C6H15N2. The van der Waals surface area contributed by atoms with Gasteiger partial charge in [0.25, 0.3) is 0 Å². The molecule has 0 bridgehead atoms. The van der Waals surface area contributed by atoms with Crippen molar-refractivity contribution in [3.8, 4) is 0 Å². The molecule has 0 aliphatic rings. The second-order valence-electron chi connectivity index (χ2n) is 1.78. The van der Waals surface area contributed by atoms with Gasteiger partial charge in [-0.15, -0.1) is 0 Å². The van der Waals surface area contributed by atoms with Gasteiger partial charge in [-0.25, -0.2) is 0 Å². The summed E-state index contributed by atoms with van der Waals surface area (Å²) in [4.78, 5) is 0. The lowest BCUT2D eigenvalue weighted by Crippen LogP contribution is -2.08. The molecule has 0 aliphatic heterocycles. The van der Waals surface area contributed by atoms with Crippen molar-refractivity contribution in [2.45, 2.75) is 12.8 Å². The Bertz CT molecular complexity index is 31.5. The van der Waals surface area contributed by atoms with Crippen LogP contribution in [-0.2, 0) is 0 Å². The molecule has 0 aromatic heterocycles. The summed E-state index contributed by atoms with van der Waals surface area (Å²) in [7, 11) is 1.94. The van der Waals surface area contributed by atoms with Crippen LogP contribution >= 0.6 is 0 Å². The molecule has 0 unspecified atom stereocenters. The van der Waals surface area contributed by atoms with Gasteiger partial charge in [-0.3, -0.25) is 0 Å². The van der Waals surface area contributed by atoms with Gasteiger partial charge in [0.15, 0.2) is 0 Å². The van der Waals surface area contributed by atoms with E-state index in [-0.39, 0.29) is 0 Å². The van der Waals surface area contributed by atoms with Crippen LogP contribution in [-0.4, -0.2) is 20.1 Å². The highest BCUT2D eigenvalue weighted by atomic mass is 14.8. The van der Waals surface area contributed by atoms with Crippen molar-refractivity contribution in [1.29, 1.82) is 0 Å². The average molecular weight is 115 g/mol. The second kappa shape index (κ2) is 6.92. The van der Waals surface area contributed by atoms with E-state index in [0.29, 0.717) is 0 Å². The highest BCUT2D eigenvalue weighted by Crippen LogP contribution is 1.88. The van der Waals surface area contributed by atoms with E-state index >= 15 is 0 Å². The molecule has 0 heterocycles. The van der Waals surface area contributed by atoms with Crippen molar-refractivity contribution >= 4 is 0 Å². The molecule has 0 saturated heterocycles. The Labute approximate surface area is 51.5 Å². The van der Waals surface area contributed by atoms with E-state index < -0.39 is 0 Å². The first-order valence-corrected chi connectivity index (χ1v) is 3.08. The molecular weight excluding hydrogens is 100 g/mol. The summed E-state index contributed by atoms with van der Waals surface area (Å²) in [5, 5.41) is 3.03.